The number of benzene rings is 1. The third-order valence-electron chi connectivity index (χ3n) is 6.29. The van der Waals surface area contributed by atoms with Crippen molar-refractivity contribution in [3.8, 4) is 5.75 Å². The number of carbonyl (C=O) groups is 2. The number of fused-ring (bicyclic) bond motifs is 1. The maximum absolute atomic E-state index is 12.8. The molecule has 1 saturated heterocycles. The van der Waals surface area contributed by atoms with Crippen molar-refractivity contribution in [3.63, 3.8) is 0 Å². The van der Waals surface area contributed by atoms with Gasteiger partial charge in [0.15, 0.2) is 0 Å². The Balaban J connectivity index is 1.66. The van der Waals surface area contributed by atoms with Gasteiger partial charge in [0, 0.05) is 30.9 Å². The van der Waals surface area contributed by atoms with Gasteiger partial charge in [-0.3, -0.25) is 4.79 Å². The molecule has 1 aliphatic heterocycles. The number of methoxy groups -OCH3 is 1. The van der Waals surface area contributed by atoms with E-state index in [1.54, 1.807) is 31.4 Å². The van der Waals surface area contributed by atoms with E-state index >= 15 is 0 Å². The van der Waals surface area contributed by atoms with E-state index in [2.05, 4.69) is 24.5 Å². The van der Waals surface area contributed by atoms with Crippen LogP contribution in [0.4, 0.5) is 10.5 Å². The molecule has 5 unspecified atom stereocenters. The number of hydrogen-bond acceptors (Lipinski definition) is 4. The summed E-state index contributed by atoms with van der Waals surface area (Å²) in [6.45, 7) is 4.82. The highest BCUT2D eigenvalue weighted by Crippen LogP contribution is 2.39. The normalized spacial score (nSPS) is 28.8. The average Bonchev–Trinajstić information content (AvgIpc) is 2.69. The first-order valence-electron chi connectivity index (χ1n) is 10.5. The van der Waals surface area contributed by atoms with E-state index < -0.39 is 0 Å². The Kier molecular flexibility index (Phi) is 7.00. The molecule has 2 aliphatic rings. The number of amides is 3. The maximum atomic E-state index is 12.8. The van der Waals surface area contributed by atoms with Gasteiger partial charge in [-0.25, -0.2) is 4.79 Å². The van der Waals surface area contributed by atoms with E-state index in [9.17, 15) is 14.7 Å². The predicted molar refractivity (Wildman–Crippen MR) is 112 cm³/mol. The van der Waals surface area contributed by atoms with Crippen molar-refractivity contribution in [2.45, 2.75) is 39.2 Å². The molecule has 1 saturated carbocycles. The van der Waals surface area contributed by atoms with Crippen LogP contribution in [0.5, 0.6) is 5.75 Å². The summed E-state index contributed by atoms with van der Waals surface area (Å²) in [5, 5.41) is 15.5. The van der Waals surface area contributed by atoms with Crippen molar-refractivity contribution >= 4 is 17.6 Å². The Morgan fingerprint density at radius 2 is 2.10 bits per heavy atom. The molecule has 2 fully saturated rings. The Labute approximate surface area is 172 Å². The monoisotopic (exact) mass is 403 g/mol. The quantitative estimate of drug-likeness (QED) is 0.681. The van der Waals surface area contributed by atoms with Gasteiger partial charge in [0.25, 0.3) is 0 Å². The van der Waals surface area contributed by atoms with Gasteiger partial charge in [-0.1, -0.05) is 19.9 Å². The Bertz CT molecular complexity index is 726. The van der Waals surface area contributed by atoms with Crippen molar-refractivity contribution in [2.24, 2.45) is 23.7 Å². The predicted octanol–water partition coefficient (Wildman–Crippen LogP) is 2.71. The molecule has 3 rings (SSSR count). The summed E-state index contributed by atoms with van der Waals surface area (Å²) in [6, 6.07) is 7.03. The zero-order valence-electron chi connectivity index (χ0n) is 17.6. The molecular weight excluding hydrogens is 370 g/mol. The van der Waals surface area contributed by atoms with Crippen LogP contribution in [0.15, 0.2) is 24.3 Å². The second kappa shape index (κ2) is 9.48. The summed E-state index contributed by atoms with van der Waals surface area (Å²) < 4.78 is 5.19. The van der Waals surface area contributed by atoms with E-state index in [4.69, 9.17) is 4.74 Å². The van der Waals surface area contributed by atoms with Gasteiger partial charge in [0.2, 0.25) is 5.91 Å². The van der Waals surface area contributed by atoms with Crippen LogP contribution in [-0.2, 0) is 4.79 Å². The Morgan fingerprint density at radius 1 is 1.31 bits per heavy atom. The number of urea groups is 1. The molecular formula is C22H33N3O4. The number of aliphatic hydroxyl groups excluding tert-OH is 1. The summed E-state index contributed by atoms with van der Waals surface area (Å²) in [7, 11) is 1.57. The standard InChI is InChI=1S/C22H33N3O4/c1-14-9-15(2)20-16(10-14)11-17(21(27)24-20)13-25(7-8-26)22(28)23-18-5-4-6-19(12-18)29-3/h4-6,12,14-17,20,26H,7-11,13H2,1-3H3,(H,23,28)(H,24,27). The number of nitrogens with one attached hydrogen (secondary N) is 2. The smallest absolute Gasteiger partial charge is 0.321 e. The van der Waals surface area contributed by atoms with Crippen LogP contribution in [0.3, 0.4) is 0 Å². The van der Waals surface area contributed by atoms with Crippen LogP contribution in [0, 0.1) is 23.7 Å². The first-order chi connectivity index (χ1) is 13.9. The minimum absolute atomic E-state index is 0.0183. The number of aliphatic hydroxyl groups is 1. The van der Waals surface area contributed by atoms with Gasteiger partial charge in [-0.15, -0.1) is 0 Å². The summed E-state index contributed by atoms with van der Waals surface area (Å²) in [5.41, 5.74) is 0.611. The largest absolute Gasteiger partial charge is 0.497 e. The van der Waals surface area contributed by atoms with Crippen LogP contribution in [0.2, 0.25) is 0 Å². The number of ether oxygens (including phenoxy) is 1. The van der Waals surface area contributed by atoms with Crippen molar-refractivity contribution < 1.29 is 19.4 Å². The van der Waals surface area contributed by atoms with Crippen molar-refractivity contribution in [1.82, 2.24) is 10.2 Å². The van der Waals surface area contributed by atoms with Gasteiger partial charge in [-0.2, -0.15) is 0 Å². The first kappa shape index (κ1) is 21.4. The molecule has 1 aromatic carbocycles. The summed E-state index contributed by atoms with van der Waals surface area (Å²) in [4.78, 5) is 27.1. The lowest BCUT2D eigenvalue weighted by atomic mass is 9.68. The van der Waals surface area contributed by atoms with Crippen LogP contribution >= 0.6 is 0 Å². The third kappa shape index (κ3) is 5.21. The number of rotatable bonds is 6. The van der Waals surface area contributed by atoms with Crippen LogP contribution in [0.25, 0.3) is 0 Å². The molecule has 3 N–H and O–H groups in total. The minimum Gasteiger partial charge on any atom is -0.497 e. The second-order valence-electron chi connectivity index (χ2n) is 8.61. The molecule has 5 atom stereocenters. The van der Waals surface area contributed by atoms with Crippen molar-refractivity contribution in [1.29, 1.82) is 0 Å². The van der Waals surface area contributed by atoms with E-state index in [1.807, 2.05) is 0 Å². The molecule has 160 valence electrons. The molecule has 7 nitrogen and oxygen atoms in total. The van der Waals surface area contributed by atoms with Crippen LogP contribution in [-0.4, -0.2) is 54.8 Å². The molecule has 0 spiro atoms. The Hall–Kier alpha value is -2.28. The highest BCUT2D eigenvalue weighted by molar-refractivity contribution is 5.90. The van der Waals surface area contributed by atoms with Crippen LogP contribution < -0.4 is 15.4 Å². The number of nitrogens with zero attached hydrogens (tertiary/aromatic N) is 1. The molecule has 3 amide bonds. The van der Waals surface area contributed by atoms with Gasteiger partial charge >= 0.3 is 6.03 Å². The number of piperidine rings is 1. The number of hydrogen-bond donors (Lipinski definition) is 3. The number of carbonyl (C=O) groups excluding carboxylic acids is 2. The topological polar surface area (TPSA) is 90.9 Å². The summed E-state index contributed by atoms with van der Waals surface area (Å²) in [6.07, 6.45) is 3.05. The van der Waals surface area contributed by atoms with Gasteiger partial charge in [0.05, 0.1) is 19.6 Å². The molecule has 0 aromatic heterocycles. The molecule has 29 heavy (non-hydrogen) atoms. The van der Waals surface area contributed by atoms with E-state index in [0.717, 1.165) is 19.3 Å². The first-order valence-corrected chi connectivity index (χ1v) is 10.5. The second-order valence-corrected chi connectivity index (χ2v) is 8.61. The SMILES string of the molecule is COc1cccc(NC(=O)N(CCO)CC2CC3CC(C)CC(C)C3NC2=O)c1. The molecule has 0 bridgehead atoms. The Morgan fingerprint density at radius 3 is 2.83 bits per heavy atom. The zero-order chi connectivity index (χ0) is 21.0. The fraction of sp³-hybridized carbons (Fsp3) is 0.636. The van der Waals surface area contributed by atoms with Crippen LogP contribution in [0.1, 0.15) is 33.1 Å². The summed E-state index contributed by atoms with van der Waals surface area (Å²) in [5.74, 6) is 2.01. The summed E-state index contributed by atoms with van der Waals surface area (Å²) >= 11 is 0. The molecule has 0 radical (unpaired) electrons. The van der Waals surface area contributed by atoms with E-state index in [0.29, 0.717) is 35.7 Å². The fourth-order valence-electron chi connectivity index (χ4n) is 4.99. The van der Waals surface area contributed by atoms with Gasteiger partial charge in [0.1, 0.15) is 5.75 Å². The highest BCUT2D eigenvalue weighted by Gasteiger charge is 2.42. The van der Waals surface area contributed by atoms with Crippen molar-refractivity contribution in [3.05, 3.63) is 24.3 Å². The van der Waals surface area contributed by atoms with E-state index in [1.165, 1.54) is 4.90 Å². The van der Waals surface area contributed by atoms with Crippen molar-refractivity contribution in [2.75, 3.05) is 32.1 Å². The third-order valence-corrected chi connectivity index (χ3v) is 6.29. The van der Waals surface area contributed by atoms with Gasteiger partial charge in [-0.05, 0) is 49.1 Å². The lowest BCUT2D eigenvalue weighted by Crippen LogP contribution is -2.57. The molecule has 1 aliphatic carbocycles. The fourth-order valence-corrected chi connectivity index (χ4v) is 4.99. The highest BCUT2D eigenvalue weighted by atomic mass is 16.5. The maximum Gasteiger partial charge on any atom is 0.321 e. The number of anilines is 1. The lowest BCUT2D eigenvalue weighted by Gasteiger charge is -2.45. The van der Waals surface area contributed by atoms with E-state index in [-0.39, 0.29) is 37.0 Å². The van der Waals surface area contributed by atoms with Gasteiger partial charge < -0.3 is 25.4 Å². The lowest BCUT2D eigenvalue weighted by molar-refractivity contribution is -0.131. The average molecular weight is 404 g/mol. The molecule has 1 aromatic rings. The minimum atomic E-state index is -0.326. The molecule has 7 heteroatoms. The zero-order valence-corrected chi connectivity index (χ0v) is 17.6. The molecule has 1 heterocycles.